The Morgan fingerprint density at radius 1 is 1.05 bits per heavy atom. The maximum absolute atomic E-state index is 10.5. The lowest BCUT2D eigenvalue weighted by Crippen LogP contribution is -2.29. The van der Waals surface area contributed by atoms with E-state index >= 15 is 0 Å². The Morgan fingerprint density at radius 3 is 2.35 bits per heavy atom. The van der Waals surface area contributed by atoms with Crippen LogP contribution >= 0.6 is 0 Å². The number of ether oxygens (including phenoxy) is 1. The van der Waals surface area contributed by atoms with Crippen LogP contribution < -0.4 is 4.74 Å². The van der Waals surface area contributed by atoms with Crippen molar-refractivity contribution >= 4 is 0 Å². The van der Waals surface area contributed by atoms with Crippen molar-refractivity contribution in [3.63, 3.8) is 0 Å². The molecule has 0 saturated heterocycles. The lowest BCUT2D eigenvalue weighted by molar-refractivity contribution is -0.0299. The molecule has 1 aliphatic carbocycles. The number of rotatable bonds is 5. The molecule has 2 N–H and O–H groups in total. The van der Waals surface area contributed by atoms with Crippen LogP contribution in [0, 0.1) is 5.92 Å². The first-order chi connectivity index (χ1) is 9.59. The zero-order chi connectivity index (χ0) is 14.5. The molecular formula is C17H26O3. The van der Waals surface area contributed by atoms with Gasteiger partial charge in [0.15, 0.2) is 0 Å². The van der Waals surface area contributed by atoms with Crippen molar-refractivity contribution in [1.29, 1.82) is 0 Å². The van der Waals surface area contributed by atoms with Crippen LogP contribution in [0.5, 0.6) is 5.75 Å². The van der Waals surface area contributed by atoms with Gasteiger partial charge in [-0.25, -0.2) is 0 Å². The van der Waals surface area contributed by atoms with Crippen LogP contribution in [-0.4, -0.2) is 22.4 Å². The highest BCUT2D eigenvalue weighted by atomic mass is 16.5. The number of aliphatic hydroxyl groups is 2. The minimum atomic E-state index is -0.868. The highest BCUT2D eigenvalue weighted by Crippen LogP contribution is 2.35. The molecule has 0 bridgehead atoms. The molecule has 1 aromatic carbocycles. The normalized spacial score (nSPS) is 19.9. The van der Waals surface area contributed by atoms with Gasteiger partial charge in [-0.15, -0.1) is 0 Å². The summed E-state index contributed by atoms with van der Waals surface area (Å²) in [4.78, 5) is 0. The Hall–Kier alpha value is -1.06. The summed E-state index contributed by atoms with van der Waals surface area (Å²) in [6.45, 7) is 3.92. The quantitative estimate of drug-likeness (QED) is 0.867. The number of para-hydroxylation sites is 1. The van der Waals surface area contributed by atoms with Crippen molar-refractivity contribution < 1.29 is 14.9 Å². The second kappa shape index (κ2) is 7.09. The van der Waals surface area contributed by atoms with Crippen LogP contribution in [0.3, 0.4) is 0 Å². The van der Waals surface area contributed by atoms with Crippen LogP contribution in [0.15, 0.2) is 24.3 Å². The van der Waals surface area contributed by atoms with E-state index in [1.54, 1.807) is 0 Å². The van der Waals surface area contributed by atoms with Crippen LogP contribution in [0.2, 0.25) is 0 Å². The average molecular weight is 278 g/mol. The highest BCUT2D eigenvalue weighted by Gasteiger charge is 2.30. The lowest BCUT2D eigenvalue weighted by Gasteiger charge is -2.30. The van der Waals surface area contributed by atoms with Crippen LogP contribution in [0.25, 0.3) is 0 Å². The van der Waals surface area contributed by atoms with E-state index in [-0.39, 0.29) is 12.0 Å². The molecule has 1 fully saturated rings. The van der Waals surface area contributed by atoms with Crippen molar-refractivity contribution in [2.75, 3.05) is 0 Å². The Labute approximate surface area is 121 Å². The smallest absolute Gasteiger partial charge is 0.125 e. The molecule has 0 spiro atoms. The van der Waals surface area contributed by atoms with Gasteiger partial charge in [0.05, 0.1) is 12.2 Å². The minimum Gasteiger partial charge on any atom is -0.491 e. The summed E-state index contributed by atoms with van der Waals surface area (Å²) in [7, 11) is 0. The second-order valence-electron chi connectivity index (χ2n) is 6.04. The van der Waals surface area contributed by atoms with Gasteiger partial charge in [-0.2, -0.15) is 0 Å². The molecule has 2 unspecified atom stereocenters. The predicted molar refractivity (Wildman–Crippen MR) is 79.7 cm³/mol. The van der Waals surface area contributed by atoms with E-state index in [9.17, 15) is 10.2 Å². The zero-order valence-corrected chi connectivity index (χ0v) is 12.5. The molecular weight excluding hydrogens is 252 g/mol. The first kappa shape index (κ1) is 15.3. The van der Waals surface area contributed by atoms with Gasteiger partial charge in [-0.05, 0) is 38.7 Å². The first-order valence-electron chi connectivity index (χ1n) is 7.71. The van der Waals surface area contributed by atoms with E-state index in [4.69, 9.17) is 4.74 Å². The molecule has 1 aliphatic rings. The SMILES string of the molecule is CC(C)Oc1ccccc1C(O)C(O)C1CCCCC1. The Kier molecular flexibility index (Phi) is 5.44. The van der Waals surface area contributed by atoms with Gasteiger partial charge in [0.2, 0.25) is 0 Å². The van der Waals surface area contributed by atoms with E-state index in [0.717, 1.165) is 25.7 Å². The van der Waals surface area contributed by atoms with Crippen LogP contribution in [-0.2, 0) is 0 Å². The maximum atomic E-state index is 10.5. The van der Waals surface area contributed by atoms with E-state index in [2.05, 4.69) is 0 Å². The molecule has 1 aromatic rings. The first-order valence-corrected chi connectivity index (χ1v) is 7.71. The minimum absolute atomic E-state index is 0.0511. The largest absolute Gasteiger partial charge is 0.491 e. The van der Waals surface area contributed by atoms with Crippen molar-refractivity contribution in [1.82, 2.24) is 0 Å². The fourth-order valence-corrected chi connectivity index (χ4v) is 3.00. The summed E-state index contributed by atoms with van der Waals surface area (Å²) >= 11 is 0. The summed E-state index contributed by atoms with van der Waals surface area (Å²) in [5.41, 5.74) is 0.694. The molecule has 0 amide bonds. The molecule has 0 heterocycles. The molecule has 2 rings (SSSR count). The highest BCUT2D eigenvalue weighted by molar-refractivity contribution is 5.35. The number of aliphatic hydroxyl groups excluding tert-OH is 2. The lowest BCUT2D eigenvalue weighted by atomic mass is 9.82. The summed E-state index contributed by atoms with van der Waals surface area (Å²) in [5.74, 6) is 0.871. The monoisotopic (exact) mass is 278 g/mol. The van der Waals surface area contributed by atoms with Gasteiger partial charge in [0, 0.05) is 5.56 Å². The van der Waals surface area contributed by atoms with E-state index in [0.29, 0.717) is 11.3 Å². The topological polar surface area (TPSA) is 49.7 Å². The summed E-state index contributed by atoms with van der Waals surface area (Å²) < 4.78 is 5.73. The van der Waals surface area contributed by atoms with E-state index in [1.165, 1.54) is 6.42 Å². The molecule has 112 valence electrons. The molecule has 0 aromatic heterocycles. The number of hydrogen-bond acceptors (Lipinski definition) is 3. The van der Waals surface area contributed by atoms with Gasteiger partial charge < -0.3 is 14.9 Å². The van der Waals surface area contributed by atoms with Gasteiger partial charge in [-0.1, -0.05) is 37.5 Å². The number of benzene rings is 1. The van der Waals surface area contributed by atoms with Crippen molar-refractivity contribution in [2.24, 2.45) is 5.92 Å². The predicted octanol–water partition coefficient (Wildman–Crippen LogP) is 3.45. The molecule has 0 radical (unpaired) electrons. The summed E-state index contributed by atoms with van der Waals surface area (Å²) in [5, 5.41) is 21.0. The third-order valence-electron chi connectivity index (χ3n) is 4.06. The Morgan fingerprint density at radius 2 is 1.70 bits per heavy atom. The fourth-order valence-electron chi connectivity index (χ4n) is 3.00. The Bertz CT molecular complexity index is 410. The molecule has 20 heavy (non-hydrogen) atoms. The second-order valence-corrected chi connectivity index (χ2v) is 6.04. The van der Waals surface area contributed by atoms with Gasteiger partial charge in [0.25, 0.3) is 0 Å². The molecule has 0 aliphatic heterocycles. The number of hydrogen-bond donors (Lipinski definition) is 2. The third kappa shape index (κ3) is 3.74. The Balaban J connectivity index is 2.12. The summed E-state index contributed by atoms with van der Waals surface area (Å²) in [6, 6.07) is 7.46. The molecule has 1 saturated carbocycles. The maximum Gasteiger partial charge on any atom is 0.125 e. The van der Waals surface area contributed by atoms with Crippen molar-refractivity contribution in [3.8, 4) is 5.75 Å². The van der Waals surface area contributed by atoms with Crippen LogP contribution in [0.1, 0.15) is 57.6 Å². The van der Waals surface area contributed by atoms with Crippen molar-refractivity contribution in [2.45, 2.75) is 64.3 Å². The van der Waals surface area contributed by atoms with Gasteiger partial charge in [0.1, 0.15) is 11.9 Å². The average Bonchev–Trinajstić information content (AvgIpc) is 2.46. The molecule has 2 atom stereocenters. The standard InChI is InChI=1S/C17H26O3/c1-12(2)20-15-11-7-6-10-14(15)17(19)16(18)13-8-4-3-5-9-13/h6-7,10-13,16-19H,3-5,8-9H2,1-2H3. The van der Waals surface area contributed by atoms with E-state index in [1.807, 2.05) is 38.1 Å². The van der Waals surface area contributed by atoms with Crippen LogP contribution in [0.4, 0.5) is 0 Å². The van der Waals surface area contributed by atoms with E-state index < -0.39 is 12.2 Å². The fraction of sp³-hybridized carbons (Fsp3) is 0.647. The summed E-state index contributed by atoms with van der Waals surface area (Å²) in [6.07, 6.45) is 4.04. The zero-order valence-electron chi connectivity index (χ0n) is 12.5. The van der Waals surface area contributed by atoms with Gasteiger partial charge in [-0.3, -0.25) is 0 Å². The van der Waals surface area contributed by atoms with Gasteiger partial charge >= 0.3 is 0 Å². The third-order valence-corrected chi connectivity index (χ3v) is 4.06. The molecule has 3 nitrogen and oxygen atoms in total. The molecule has 3 heteroatoms. The van der Waals surface area contributed by atoms with Crippen molar-refractivity contribution in [3.05, 3.63) is 29.8 Å².